The van der Waals surface area contributed by atoms with E-state index >= 15 is 0 Å². The van der Waals surface area contributed by atoms with Crippen LogP contribution in [0.2, 0.25) is 0 Å². The van der Waals surface area contributed by atoms with Gasteiger partial charge >= 0.3 is 0 Å². The van der Waals surface area contributed by atoms with Crippen molar-refractivity contribution in [2.75, 3.05) is 14.1 Å². The number of rotatable bonds is 6. The lowest BCUT2D eigenvalue weighted by Crippen LogP contribution is -2.30. The summed E-state index contributed by atoms with van der Waals surface area (Å²) in [6.07, 6.45) is 7.18. The van der Waals surface area contributed by atoms with Crippen LogP contribution in [0.25, 0.3) is 0 Å². The summed E-state index contributed by atoms with van der Waals surface area (Å²) in [6.45, 7) is 7.27. The summed E-state index contributed by atoms with van der Waals surface area (Å²) in [5.41, 5.74) is 7.69. The van der Waals surface area contributed by atoms with E-state index in [1.54, 1.807) is 19.2 Å². The van der Waals surface area contributed by atoms with Crippen LogP contribution in [-0.4, -0.2) is 14.1 Å². The Hall–Kier alpha value is -1.48. The minimum atomic E-state index is 0.917. The first kappa shape index (κ1) is 11.5. The SMILES string of the molecule is C=C/C=C(NC)\C(=C/C=C)NNC. The second kappa shape index (κ2) is 7.18. The maximum absolute atomic E-state index is 3.63. The highest BCUT2D eigenvalue weighted by Gasteiger charge is 1.98. The number of nitrogens with one attached hydrogen (secondary N) is 3. The van der Waals surface area contributed by atoms with Gasteiger partial charge in [0.15, 0.2) is 0 Å². The molecule has 0 fully saturated rings. The van der Waals surface area contributed by atoms with Crippen LogP contribution in [0.3, 0.4) is 0 Å². The third-order valence-electron chi connectivity index (χ3n) is 1.39. The zero-order valence-corrected chi connectivity index (χ0v) is 8.22. The standard InChI is InChI=1S/C10H17N3/c1-5-7-9(11-3)10(8-6-2)13-12-4/h5-8,11-13H,1-2H2,3-4H3/b9-7+,10-8+. The van der Waals surface area contributed by atoms with E-state index in [1.807, 2.05) is 19.2 Å². The molecular formula is C10H17N3. The van der Waals surface area contributed by atoms with Crippen molar-refractivity contribution >= 4 is 0 Å². The lowest BCUT2D eigenvalue weighted by Gasteiger charge is -2.12. The maximum Gasteiger partial charge on any atom is 0.0719 e. The van der Waals surface area contributed by atoms with Crippen LogP contribution < -0.4 is 16.2 Å². The summed E-state index contributed by atoms with van der Waals surface area (Å²) in [5, 5.41) is 3.04. The van der Waals surface area contributed by atoms with Gasteiger partial charge in [-0.2, -0.15) is 0 Å². The predicted octanol–water partition coefficient (Wildman–Crippen LogP) is 1.07. The van der Waals surface area contributed by atoms with Gasteiger partial charge in [-0.05, 0) is 12.2 Å². The zero-order valence-electron chi connectivity index (χ0n) is 8.22. The van der Waals surface area contributed by atoms with Crippen LogP contribution in [0, 0.1) is 0 Å². The van der Waals surface area contributed by atoms with Crippen LogP contribution in [0.15, 0.2) is 48.9 Å². The Balaban J connectivity index is 4.68. The number of allylic oxidation sites excluding steroid dienone is 4. The van der Waals surface area contributed by atoms with E-state index in [4.69, 9.17) is 0 Å². The summed E-state index contributed by atoms with van der Waals surface area (Å²) < 4.78 is 0. The minimum absolute atomic E-state index is 0.917. The summed E-state index contributed by atoms with van der Waals surface area (Å²) in [5.74, 6) is 0. The highest BCUT2D eigenvalue weighted by Crippen LogP contribution is 2.01. The lowest BCUT2D eigenvalue weighted by molar-refractivity contribution is 0.684. The van der Waals surface area contributed by atoms with Crippen LogP contribution in [0.4, 0.5) is 0 Å². The van der Waals surface area contributed by atoms with Gasteiger partial charge in [0.05, 0.1) is 11.4 Å². The van der Waals surface area contributed by atoms with Gasteiger partial charge in [-0.1, -0.05) is 25.3 Å². The molecule has 0 unspecified atom stereocenters. The molecule has 13 heavy (non-hydrogen) atoms. The van der Waals surface area contributed by atoms with Crippen molar-refractivity contribution in [1.82, 2.24) is 16.2 Å². The van der Waals surface area contributed by atoms with Crippen LogP contribution in [0.5, 0.6) is 0 Å². The molecule has 3 heteroatoms. The molecule has 0 aliphatic carbocycles. The van der Waals surface area contributed by atoms with E-state index in [9.17, 15) is 0 Å². The molecule has 0 radical (unpaired) electrons. The quantitative estimate of drug-likeness (QED) is 0.421. The van der Waals surface area contributed by atoms with Gasteiger partial charge in [0, 0.05) is 14.1 Å². The molecule has 0 spiro atoms. The van der Waals surface area contributed by atoms with Gasteiger partial charge < -0.3 is 10.7 Å². The normalized spacial score (nSPS) is 12.2. The Morgan fingerprint density at radius 3 is 1.92 bits per heavy atom. The molecule has 0 saturated heterocycles. The molecule has 0 saturated carbocycles. The van der Waals surface area contributed by atoms with E-state index in [2.05, 4.69) is 29.3 Å². The first-order valence-electron chi connectivity index (χ1n) is 4.06. The van der Waals surface area contributed by atoms with Crippen LogP contribution >= 0.6 is 0 Å². The van der Waals surface area contributed by atoms with Gasteiger partial charge in [0.1, 0.15) is 0 Å². The summed E-state index contributed by atoms with van der Waals surface area (Å²) in [6, 6.07) is 0. The molecule has 0 aromatic heterocycles. The fourth-order valence-electron chi connectivity index (χ4n) is 0.877. The van der Waals surface area contributed by atoms with Crippen molar-refractivity contribution in [2.45, 2.75) is 0 Å². The fraction of sp³-hybridized carbons (Fsp3) is 0.200. The molecule has 0 amide bonds. The molecule has 3 N–H and O–H groups in total. The van der Waals surface area contributed by atoms with Gasteiger partial charge in [-0.15, -0.1) is 0 Å². The van der Waals surface area contributed by atoms with Crippen LogP contribution in [0.1, 0.15) is 0 Å². The Labute approximate surface area is 79.9 Å². The Morgan fingerprint density at radius 2 is 1.54 bits per heavy atom. The molecule has 3 nitrogen and oxygen atoms in total. The molecule has 0 aromatic carbocycles. The van der Waals surface area contributed by atoms with Crippen LogP contribution in [-0.2, 0) is 0 Å². The van der Waals surface area contributed by atoms with E-state index in [0.29, 0.717) is 0 Å². The number of hydrogen-bond acceptors (Lipinski definition) is 3. The minimum Gasteiger partial charge on any atom is -0.386 e. The second-order valence-corrected chi connectivity index (χ2v) is 2.26. The fourth-order valence-corrected chi connectivity index (χ4v) is 0.877. The van der Waals surface area contributed by atoms with Crippen molar-refractivity contribution in [3.63, 3.8) is 0 Å². The van der Waals surface area contributed by atoms with E-state index in [1.165, 1.54) is 0 Å². The number of likely N-dealkylation sites (N-methyl/N-ethyl adjacent to an activating group) is 1. The highest BCUT2D eigenvalue weighted by molar-refractivity contribution is 5.32. The van der Waals surface area contributed by atoms with Gasteiger partial charge in [0.25, 0.3) is 0 Å². The first-order valence-corrected chi connectivity index (χ1v) is 4.06. The molecule has 0 aliphatic rings. The van der Waals surface area contributed by atoms with E-state index < -0.39 is 0 Å². The van der Waals surface area contributed by atoms with Crippen molar-refractivity contribution < 1.29 is 0 Å². The van der Waals surface area contributed by atoms with E-state index in [0.717, 1.165) is 11.4 Å². The van der Waals surface area contributed by atoms with Gasteiger partial charge in [-0.3, -0.25) is 0 Å². The second-order valence-electron chi connectivity index (χ2n) is 2.26. The highest BCUT2D eigenvalue weighted by atomic mass is 15.3. The maximum atomic E-state index is 3.63. The topological polar surface area (TPSA) is 36.1 Å². The van der Waals surface area contributed by atoms with E-state index in [-0.39, 0.29) is 0 Å². The van der Waals surface area contributed by atoms with Crippen molar-refractivity contribution in [3.05, 3.63) is 48.9 Å². The third-order valence-corrected chi connectivity index (χ3v) is 1.39. The molecule has 0 atom stereocenters. The third kappa shape index (κ3) is 4.18. The average Bonchev–Trinajstić information content (AvgIpc) is 2.14. The molecule has 0 rings (SSSR count). The summed E-state index contributed by atoms with van der Waals surface area (Å²) in [7, 11) is 3.65. The predicted molar refractivity (Wildman–Crippen MR) is 57.8 cm³/mol. The molecule has 72 valence electrons. The molecular weight excluding hydrogens is 162 g/mol. The molecule has 0 aromatic rings. The largest absolute Gasteiger partial charge is 0.386 e. The average molecular weight is 179 g/mol. The summed E-state index contributed by atoms with van der Waals surface area (Å²) in [4.78, 5) is 0. The Morgan fingerprint density at radius 1 is 1.00 bits per heavy atom. The van der Waals surface area contributed by atoms with Crippen molar-refractivity contribution in [2.24, 2.45) is 0 Å². The molecule has 0 bridgehead atoms. The summed E-state index contributed by atoms with van der Waals surface area (Å²) >= 11 is 0. The smallest absolute Gasteiger partial charge is 0.0719 e. The number of hydrazine groups is 1. The lowest BCUT2D eigenvalue weighted by atomic mass is 10.2. The molecule has 0 aliphatic heterocycles. The van der Waals surface area contributed by atoms with Gasteiger partial charge in [0.2, 0.25) is 0 Å². The zero-order chi connectivity index (χ0) is 10.1. The van der Waals surface area contributed by atoms with Crippen molar-refractivity contribution in [1.29, 1.82) is 0 Å². The first-order chi connectivity index (χ1) is 6.29. The Bertz CT molecular complexity index is 226. The number of hydrogen-bond donors (Lipinski definition) is 3. The molecule has 0 heterocycles. The van der Waals surface area contributed by atoms with Crippen molar-refractivity contribution in [3.8, 4) is 0 Å². The Kier molecular flexibility index (Phi) is 6.37. The monoisotopic (exact) mass is 179 g/mol. The van der Waals surface area contributed by atoms with Gasteiger partial charge in [-0.25, -0.2) is 5.43 Å².